The van der Waals surface area contributed by atoms with Gasteiger partial charge in [0.1, 0.15) is 0 Å². The lowest BCUT2D eigenvalue weighted by Crippen LogP contribution is -2.46. The highest BCUT2D eigenvalue weighted by atomic mass is 127. The summed E-state index contributed by atoms with van der Waals surface area (Å²) in [4.78, 5) is 4.39. The molecule has 0 bridgehead atoms. The fourth-order valence-electron chi connectivity index (χ4n) is 3.76. The van der Waals surface area contributed by atoms with Crippen molar-refractivity contribution in [3.63, 3.8) is 0 Å². The maximum atomic E-state index is 12.1. The van der Waals surface area contributed by atoms with Gasteiger partial charge in [-0.05, 0) is 35.6 Å². The molecule has 4 nitrogen and oxygen atoms in total. The van der Waals surface area contributed by atoms with Gasteiger partial charge in [-0.1, -0.05) is 55.8 Å². The summed E-state index contributed by atoms with van der Waals surface area (Å²) in [6.07, 6.45) is 4.30. The van der Waals surface area contributed by atoms with E-state index in [9.17, 15) is 4.21 Å². The lowest BCUT2D eigenvalue weighted by Gasteiger charge is -2.30. The minimum atomic E-state index is -0.700. The zero-order chi connectivity index (χ0) is 18.4. The molecule has 0 spiro atoms. The molecule has 0 heterocycles. The van der Waals surface area contributed by atoms with Crippen LogP contribution in [0.4, 0.5) is 0 Å². The first kappa shape index (κ1) is 22.1. The van der Waals surface area contributed by atoms with Gasteiger partial charge in [-0.15, -0.1) is 24.0 Å². The number of hydrogen-bond donors (Lipinski definition) is 2. The molecule has 0 aromatic heterocycles. The highest BCUT2D eigenvalue weighted by Gasteiger charge is 2.26. The van der Waals surface area contributed by atoms with Crippen molar-refractivity contribution < 1.29 is 4.21 Å². The van der Waals surface area contributed by atoms with Crippen molar-refractivity contribution in [1.29, 1.82) is 0 Å². The van der Waals surface area contributed by atoms with Crippen molar-refractivity contribution in [1.82, 2.24) is 10.6 Å². The van der Waals surface area contributed by atoms with Crippen LogP contribution in [0, 0.1) is 0 Å². The lowest BCUT2D eigenvalue weighted by atomic mass is 9.95. The van der Waals surface area contributed by atoms with Gasteiger partial charge in [0, 0.05) is 41.4 Å². The highest BCUT2D eigenvalue weighted by Crippen LogP contribution is 2.23. The SMILES string of the molecule is CCS(=O)C1CCCC(NC(=NC)NCc2cccc3ccccc23)C1.I. The molecule has 1 saturated carbocycles. The molecular formula is C21H30IN3OS. The van der Waals surface area contributed by atoms with Crippen molar-refractivity contribution in [2.75, 3.05) is 12.8 Å². The van der Waals surface area contributed by atoms with Crippen LogP contribution in [-0.4, -0.2) is 34.3 Å². The van der Waals surface area contributed by atoms with Crippen LogP contribution in [0.5, 0.6) is 0 Å². The zero-order valence-corrected chi connectivity index (χ0v) is 19.3. The van der Waals surface area contributed by atoms with Crippen LogP contribution in [0.2, 0.25) is 0 Å². The number of nitrogens with zero attached hydrogens (tertiary/aromatic N) is 1. The van der Waals surface area contributed by atoms with Gasteiger partial charge < -0.3 is 10.6 Å². The van der Waals surface area contributed by atoms with E-state index in [1.54, 1.807) is 0 Å². The Hall–Kier alpha value is -1.15. The van der Waals surface area contributed by atoms with Gasteiger partial charge in [0.25, 0.3) is 0 Å². The van der Waals surface area contributed by atoms with Crippen molar-refractivity contribution in [3.05, 3.63) is 48.0 Å². The summed E-state index contributed by atoms with van der Waals surface area (Å²) in [5.74, 6) is 1.58. The summed E-state index contributed by atoms with van der Waals surface area (Å²) in [5.41, 5.74) is 1.26. The zero-order valence-electron chi connectivity index (χ0n) is 16.1. The molecular weight excluding hydrogens is 469 g/mol. The first-order valence-corrected chi connectivity index (χ1v) is 10.9. The second kappa shape index (κ2) is 11.0. The second-order valence-electron chi connectivity index (χ2n) is 6.86. The summed E-state index contributed by atoms with van der Waals surface area (Å²) in [6.45, 7) is 2.75. The molecule has 1 aliphatic rings. The van der Waals surface area contributed by atoms with Crippen LogP contribution in [-0.2, 0) is 17.3 Å². The Morgan fingerprint density at radius 1 is 1.19 bits per heavy atom. The third-order valence-corrected chi connectivity index (χ3v) is 6.91. The van der Waals surface area contributed by atoms with Gasteiger partial charge in [0.05, 0.1) is 0 Å². The summed E-state index contributed by atoms with van der Waals surface area (Å²) >= 11 is 0. The third kappa shape index (κ3) is 5.91. The summed E-state index contributed by atoms with van der Waals surface area (Å²) in [6, 6.07) is 15.2. The summed E-state index contributed by atoms with van der Waals surface area (Å²) < 4.78 is 12.1. The van der Waals surface area contributed by atoms with E-state index in [2.05, 4.69) is 58.1 Å². The number of benzene rings is 2. The first-order chi connectivity index (χ1) is 12.7. The second-order valence-corrected chi connectivity index (χ2v) is 8.87. The molecule has 2 N–H and O–H groups in total. The standard InChI is InChI=1S/C21H29N3OS.HI/c1-3-26(25)19-12-7-11-18(14-19)24-21(22-2)23-15-17-10-6-9-16-8-4-5-13-20(16)17;/h4-6,8-10,13,18-19H,3,7,11-12,14-15H2,1-2H3,(H2,22,23,24);1H. The molecule has 0 saturated heterocycles. The quantitative estimate of drug-likeness (QED) is 0.369. The molecule has 148 valence electrons. The molecule has 2 aromatic carbocycles. The smallest absolute Gasteiger partial charge is 0.191 e. The summed E-state index contributed by atoms with van der Waals surface area (Å²) in [5, 5.41) is 9.83. The Kier molecular flexibility index (Phi) is 9.02. The van der Waals surface area contributed by atoms with Gasteiger partial charge in [0.15, 0.2) is 5.96 Å². The molecule has 3 atom stereocenters. The van der Waals surface area contributed by atoms with Gasteiger partial charge >= 0.3 is 0 Å². The molecule has 3 rings (SSSR count). The predicted octanol–water partition coefficient (Wildman–Crippen LogP) is 4.20. The molecule has 0 radical (unpaired) electrons. The Bertz CT molecular complexity index is 791. The number of fused-ring (bicyclic) bond motifs is 1. The fraction of sp³-hybridized carbons (Fsp3) is 0.476. The fourth-order valence-corrected chi connectivity index (χ4v) is 5.11. The minimum absolute atomic E-state index is 0. The average molecular weight is 499 g/mol. The Labute approximate surface area is 182 Å². The minimum Gasteiger partial charge on any atom is -0.354 e. The van der Waals surface area contributed by atoms with Crippen molar-refractivity contribution in [3.8, 4) is 0 Å². The van der Waals surface area contributed by atoms with Gasteiger partial charge in [-0.2, -0.15) is 0 Å². The topological polar surface area (TPSA) is 53.5 Å². The first-order valence-electron chi connectivity index (χ1n) is 9.52. The van der Waals surface area contributed by atoms with Crippen LogP contribution in [0.1, 0.15) is 38.2 Å². The number of halogens is 1. The molecule has 6 heteroatoms. The van der Waals surface area contributed by atoms with Gasteiger partial charge in [0.2, 0.25) is 0 Å². The third-order valence-electron chi connectivity index (χ3n) is 5.17. The average Bonchev–Trinajstić information content (AvgIpc) is 2.70. The van der Waals surface area contributed by atoms with Crippen molar-refractivity contribution in [2.24, 2.45) is 4.99 Å². The van der Waals surface area contributed by atoms with Gasteiger partial charge in [-0.25, -0.2) is 0 Å². The van der Waals surface area contributed by atoms with Crippen LogP contribution in [0.15, 0.2) is 47.5 Å². The predicted molar refractivity (Wildman–Crippen MR) is 127 cm³/mol. The number of guanidine groups is 1. The van der Waals surface area contributed by atoms with Crippen LogP contribution >= 0.6 is 24.0 Å². The van der Waals surface area contributed by atoms with Crippen LogP contribution < -0.4 is 10.6 Å². The molecule has 27 heavy (non-hydrogen) atoms. The van der Waals surface area contributed by atoms with Crippen molar-refractivity contribution >= 4 is 51.5 Å². The van der Waals surface area contributed by atoms with E-state index in [4.69, 9.17) is 0 Å². The van der Waals surface area contributed by atoms with Gasteiger partial charge in [-0.3, -0.25) is 9.20 Å². The Morgan fingerprint density at radius 2 is 1.96 bits per heavy atom. The van der Waals surface area contributed by atoms with E-state index in [0.29, 0.717) is 11.3 Å². The molecule has 1 aliphatic carbocycles. The van der Waals surface area contributed by atoms with E-state index in [1.165, 1.54) is 16.3 Å². The highest BCUT2D eigenvalue weighted by molar-refractivity contribution is 14.0. The maximum absolute atomic E-state index is 12.1. The van der Waals surface area contributed by atoms with E-state index in [0.717, 1.165) is 43.9 Å². The van der Waals surface area contributed by atoms with Crippen LogP contribution in [0.25, 0.3) is 10.8 Å². The number of nitrogens with one attached hydrogen (secondary N) is 2. The Balaban J connectivity index is 0.00000261. The van der Waals surface area contributed by atoms with E-state index >= 15 is 0 Å². The maximum Gasteiger partial charge on any atom is 0.191 e. The van der Waals surface area contributed by atoms with E-state index in [-0.39, 0.29) is 24.0 Å². The molecule has 0 amide bonds. The van der Waals surface area contributed by atoms with Crippen LogP contribution in [0.3, 0.4) is 0 Å². The molecule has 1 fully saturated rings. The lowest BCUT2D eigenvalue weighted by molar-refractivity contribution is 0.413. The summed E-state index contributed by atoms with van der Waals surface area (Å²) in [7, 11) is 1.11. The number of rotatable bonds is 5. The Morgan fingerprint density at radius 3 is 2.74 bits per heavy atom. The van der Waals surface area contributed by atoms with Crippen molar-refractivity contribution in [2.45, 2.75) is 50.4 Å². The number of hydrogen-bond acceptors (Lipinski definition) is 2. The molecule has 2 aromatic rings. The number of aliphatic imine (C=N–C) groups is 1. The largest absolute Gasteiger partial charge is 0.354 e. The normalized spacial score (nSPS) is 21.3. The monoisotopic (exact) mass is 499 g/mol. The molecule has 0 aliphatic heterocycles. The van der Waals surface area contributed by atoms with E-state index < -0.39 is 10.8 Å². The molecule has 3 unspecified atom stereocenters. The van der Waals surface area contributed by atoms with E-state index in [1.807, 2.05) is 14.0 Å².